The predicted molar refractivity (Wildman–Crippen MR) is 243 cm³/mol. The van der Waals surface area contributed by atoms with Crippen molar-refractivity contribution in [3.8, 4) is 33.6 Å². The standard InChI is InChI=1S/C53H35N3S/c1-53(2)43-27-11-9-22-40(43)48-51(53)55-49(42-26-14-24-39-36-20-10-12-28-45(36)57-50(39)42)52(56-48)54-44-30-29-31-15-3-4-16-32(31)47(44)41-25-13-23-38-35-18-6-5-17-33(35)34-19-7-8-21-37(34)46(38)41/h3-30H,1-2H3,(H,54,56). The topological polar surface area (TPSA) is 37.8 Å². The van der Waals surface area contributed by atoms with E-state index in [0.29, 0.717) is 0 Å². The van der Waals surface area contributed by atoms with Crippen LogP contribution >= 0.6 is 11.3 Å². The maximum Gasteiger partial charge on any atom is 0.157 e. The van der Waals surface area contributed by atoms with Gasteiger partial charge in [0, 0.05) is 48.0 Å². The summed E-state index contributed by atoms with van der Waals surface area (Å²) in [6.07, 6.45) is 0. The number of nitrogens with zero attached hydrogens (tertiary/aromatic N) is 2. The molecule has 9 aromatic carbocycles. The van der Waals surface area contributed by atoms with Gasteiger partial charge in [-0.3, -0.25) is 0 Å². The SMILES string of the molecule is CC1(C)c2ccccc2-c2nc(Nc3ccc4ccccc4c3-c3cccc4c5ccccc5c5ccccc5c34)c(-c3cccc4c3sc3ccccc34)nc21. The van der Waals surface area contributed by atoms with Crippen LogP contribution in [0.5, 0.6) is 0 Å². The highest BCUT2D eigenvalue weighted by atomic mass is 32.1. The van der Waals surface area contributed by atoms with Gasteiger partial charge in [-0.25, -0.2) is 9.97 Å². The molecule has 0 fully saturated rings. The predicted octanol–water partition coefficient (Wildman–Crippen LogP) is 14.8. The molecular weight excluding hydrogens is 711 g/mol. The van der Waals surface area contributed by atoms with E-state index < -0.39 is 0 Å². The Kier molecular flexibility index (Phi) is 6.85. The van der Waals surface area contributed by atoms with Crippen LogP contribution in [0.25, 0.3) is 96.9 Å². The van der Waals surface area contributed by atoms with E-state index in [1.807, 2.05) is 11.3 Å². The fourth-order valence-corrected chi connectivity index (χ4v) is 10.8. The number of hydrogen-bond acceptors (Lipinski definition) is 4. The molecule has 0 radical (unpaired) electrons. The number of fused-ring (bicyclic) bond motifs is 13. The lowest BCUT2D eigenvalue weighted by molar-refractivity contribution is 0.636. The van der Waals surface area contributed by atoms with E-state index in [9.17, 15) is 0 Å². The fraction of sp³-hybridized carbons (Fsp3) is 0.0566. The van der Waals surface area contributed by atoms with Gasteiger partial charge in [-0.1, -0.05) is 172 Å². The Balaban J connectivity index is 1.17. The lowest BCUT2D eigenvalue weighted by Gasteiger charge is -2.22. The molecule has 1 aliphatic rings. The zero-order valence-corrected chi connectivity index (χ0v) is 32.3. The minimum atomic E-state index is -0.304. The number of hydrogen-bond donors (Lipinski definition) is 1. The molecule has 0 aliphatic heterocycles. The molecule has 0 bridgehead atoms. The van der Waals surface area contributed by atoms with Crippen molar-refractivity contribution >= 4 is 86.1 Å². The van der Waals surface area contributed by atoms with Crippen molar-refractivity contribution in [1.82, 2.24) is 9.97 Å². The molecule has 1 N–H and O–H groups in total. The summed E-state index contributed by atoms with van der Waals surface area (Å²) in [6, 6.07) is 61.6. The van der Waals surface area contributed by atoms with Crippen LogP contribution in [0.4, 0.5) is 11.5 Å². The van der Waals surface area contributed by atoms with Gasteiger partial charge in [-0.2, -0.15) is 0 Å². The number of anilines is 2. The van der Waals surface area contributed by atoms with Crippen LogP contribution in [0, 0.1) is 0 Å². The van der Waals surface area contributed by atoms with Crippen molar-refractivity contribution in [2.75, 3.05) is 5.32 Å². The van der Waals surface area contributed by atoms with Crippen LogP contribution in [0.2, 0.25) is 0 Å². The number of rotatable bonds is 4. The van der Waals surface area contributed by atoms with Gasteiger partial charge in [-0.15, -0.1) is 11.3 Å². The van der Waals surface area contributed by atoms with E-state index in [4.69, 9.17) is 9.97 Å². The third-order valence-electron chi connectivity index (χ3n) is 12.2. The Morgan fingerprint density at radius 1 is 0.456 bits per heavy atom. The van der Waals surface area contributed by atoms with Gasteiger partial charge in [0.2, 0.25) is 0 Å². The van der Waals surface area contributed by atoms with Crippen molar-refractivity contribution < 1.29 is 0 Å². The highest BCUT2D eigenvalue weighted by Crippen LogP contribution is 2.51. The molecule has 12 rings (SSSR count). The molecule has 2 heterocycles. The summed E-state index contributed by atoms with van der Waals surface area (Å²) in [5.74, 6) is 0.748. The molecule has 268 valence electrons. The van der Waals surface area contributed by atoms with Crippen molar-refractivity contribution in [3.63, 3.8) is 0 Å². The third-order valence-corrected chi connectivity index (χ3v) is 13.4. The summed E-state index contributed by atoms with van der Waals surface area (Å²) < 4.78 is 2.49. The first-order valence-electron chi connectivity index (χ1n) is 19.6. The Hall–Kier alpha value is -6.88. The van der Waals surface area contributed by atoms with Gasteiger partial charge in [0.25, 0.3) is 0 Å². The van der Waals surface area contributed by atoms with Gasteiger partial charge in [0.15, 0.2) is 5.82 Å². The van der Waals surface area contributed by atoms with E-state index in [2.05, 4.69) is 189 Å². The maximum absolute atomic E-state index is 5.68. The van der Waals surface area contributed by atoms with E-state index in [-0.39, 0.29) is 5.41 Å². The van der Waals surface area contributed by atoms with Gasteiger partial charge in [0.1, 0.15) is 5.69 Å². The summed E-state index contributed by atoms with van der Waals surface area (Å²) in [4.78, 5) is 11.3. The smallest absolute Gasteiger partial charge is 0.157 e. The zero-order valence-electron chi connectivity index (χ0n) is 31.5. The molecule has 0 spiro atoms. The molecule has 0 unspecified atom stereocenters. The molecule has 57 heavy (non-hydrogen) atoms. The van der Waals surface area contributed by atoms with Gasteiger partial charge in [0.05, 0.1) is 11.4 Å². The quantitative estimate of drug-likeness (QED) is 0.182. The Morgan fingerprint density at radius 2 is 1.04 bits per heavy atom. The van der Waals surface area contributed by atoms with E-state index in [0.717, 1.165) is 45.3 Å². The number of benzene rings is 9. The number of nitrogens with one attached hydrogen (secondary N) is 1. The molecule has 0 atom stereocenters. The van der Waals surface area contributed by atoms with Crippen molar-refractivity contribution in [3.05, 3.63) is 181 Å². The Morgan fingerprint density at radius 3 is 1.82 bits per heavy atom. The largest absolute Gasteiger partial charge is 0.338 e. The minimum absolute atomic E-state index is 0.304. The third kappa shape index (κ3) is 4.65. The molecule has 1 aliphatic carbocycles. The summed E-state index contributed by atoms with van der Waals surface area (Å²) in [5.41, 5.74) is 9.31. The van der Waals surface area contributed by atoms with Crippen molar-refractivity contribution in [1.29, 1.82) is 0 Å². The fourth-order valence-electron chi connectivity index (χ4n) is 9.59. The van der Waals surface area contributed by atoms with Crippen LogP contribution in [0.3, 0.4) is 0 Å². The molecule has 3 nitrogen and oxygen atoms in total. The molecule has 0 saturated heterocycles. The Bertz CT molecular complexity index is 3440. The monoisotopic (exact) mass is 745 g/mol. The molecule has 11 aromatic rings. The number of thiophene rings is 1. The van der Waals surface area contributed by atoms with E-state index in [1.54, 1.807) is 0 Å². The summed E-state index contributed by atoms with van der Waals surface area (Å²) in [7, 11) is 0. The first-order chi connectivity index (χ1) is 28.0. The van der Waals surface area contributed by atoms with Crippen molar-refractivity contribution in [2.24, 2.45) is 0 Å². The molecular formula is C53H35N3S. The summed E-state index contributed by atoms with van der Waals surface area (Å²) in [5, 5.41) is 16.4. The Labute approximate surface area is 333 Å². The van der Waals surface area contributed by atoms with Crippen LogP contribution < -0.4 is 5.32 Å². The highest BCUT2D eigenvalue weighted by Gasteiger charge is 2.39. The van der Waals surface area contributed by atoms with Crippen LogP contribution in [0.1, 0.15) is 25.1 Å². The van der Waals surface area contributed by atoms with Crippen LogP contribution in [-0.4, -0.2) is 9.97 Å². The first kappa shape index (κ1) is 32.4. The average molecular weight is 746 g/mol. The lowest BCUT2D eigenvalue weighted by Crippen LogP contribution is -2.18. The minimum Gasteiger partial charge on any atom is -0.338 e. The van der Waals surface area contributed by atoms with Crippen LogP contribution in [0.15, 0.2) is 170 Å². The molecule has 4 heteroatoms. The first-order valence-corrected chi connectivity index (χ1v) is 20.4. The number of aromatic nitrogens is 2. The van der Waals surface area contributed by atoms with Crippen LogP contribution in [-0.2, 0) is 5.41 Å². The van der Waals surface area contributed by atoms with E-state index >= 15 is 0 Å². The molecule has 0 saturated carbocycles. The second kappa shape index (κ2) is 12.1. The normalized spacial score (nSPS) is 13.2. The average Bonchev–Trinajstić information content (AvgIpc) is 3.75. The maximum atomic E-state index is 5.68. The van der Waals surface area contributed by atoms with Crippen molar-refractivity contribution in [2.45, 2.75) is 19.3 Å². The van der Waals surface area contributed by atoms with Gasteiger partial charge >= 0.3 is 0 Å². The zero-order chi connectivity index (χ0) is 37.8. The molecule has 2 aromatic heterocycles. The van der Waals surface area contributed by atoms with E-state index in [1.165, 1.54) is 74.4 Å². The summed E-state index contributed by atoms with van der Waals surface area (Å²) in [6.45, 7) is 4.55. The second-order valence-electron chi connectivity index (χ2n) is 15.7. The second-order valence-corrected chi connectivity index (χ2v) is 16.8. The van der Waals surface area contributed by atoms with Gasteiger partial charge < -0.3 is 5.32 Å². The molecule has 0 amide bonds. The highest BCUT2D eigenvalue weighted by molar-refractivity contribution is 7.26. The summed E-state index contributed by atoms with van der Waals surface area (Å²) >= 11 is 1.83. The lowest BCUT2D eigenvalue weighted by atomic mass is 9.85. The van der Waals surface area contributed by atoms with Gasteiger partial charge in [-0.05, 0) is 66.3 Å².